The van der Waals surface area contributed by atoms with Crippen LogP contribution in [0, 0.1) is 0 Å². The summed E-state index contributed by atoms with van der Waals surface area (Å²) in [5.41, 5.74) is 1.29. The third-order valence-corrected chi connectivity index (χ3v) is 2.26. The van der Waals surface area contributed by atoms with Crippen LogP contribution in [0.15, 0.2) is 42.5 Å². The molecule has 0 saturated carbocycles. The second-order valence-electron chi connectivity index (χ2n) is 3.51. The number of allylic oxidation sites excluding steroid dienone is 1. The van der Waals surface area contributed by atoms with Crippen molar-refractivity contribution in [2.24, 2.45) is 0 Å². The van der Waals surface area contributed by atoms with Crippen molar-refractivity contribution in [3.05, 3.63) is 48.0 Å². The molecule has 0 aliphatic rings. The Hall–Kier alpha value is -1.12. The van der Waals surface area contributed by atoms with Crippen LogP contribution >= 0.6 is 0 Å². The average Bonchev–Trinajstić information content (AvgIpc) is 2.28. The van der Waals surface area contributed by atoms with Gasteiger partial charge in [0.2, 0.25) is 0 Å². The number of hydrogen-bond donors (Lipinski definition) is 1. The predicted octanol–water partition coefficient (Wildman–Crippen LogP) is 2.06. The first-order valence-electron chi connectivity index (χ1n) is 5.35. The van der Waals surface area contributed by atoms with Crippen LogP contribution in [0.3, 0.4) is 0 Å². The quantitative estimate of drug-likeness (QED) is 0.719. The van der Waals surface area contributed by atoms with Gasteiger partial charge in [-0.15, -0.1) is 0 Å². The average molecular weight is 205 g/mol. The molecule has 0 bridgehead atoms. The third-order valence-electron chi connectivity index (χ3n) is 2.26. The molecule has 1 N–H and O–H groups in total. The molecule has 82 valence electrons. The standard InChI is InChI=1S/C13H19NO/c1-2-3-9-14(10-11-15)12-13-7-5-4-6-8-13/h2-8,15H,9-12H2,1H3. The fraction of sp³-hybridized carbons (Fsp3) is 0.385. The lowest BCUT2D eigenvalue weighted by Crippen LogP contribution is -2.26. The Morgan fingerprint density at radius 2 is 2.00 bits per heavy atom. The topological polar surface area (TPSA) is 23.5 Å². The van der Waals surface area contributed by atoms with Crippen molar-refractivity contribution in [2.75, 3.05) is 19.7 Å². The fourth-order valence-corrected chi connectivity index (χ4v) is 1.47. The van der Waals surface area contributed by atoms with Crippen molar-refractivity contribution in [3.8, 4) is 0 Å². The van der Waals surface area contributed by atoms with Crippen LogP contribution in [0.1, 0.15) is 12.5 Å². The lowest BCUT2D eigenvalue weighted by Gasteiger charge is -2.19. The van der Waals surface area contributed by atoms with Gasteiger partial charge in [-0.2, -0.15) is 0 Å². The highest BCUT2D eigenvalue weighted by molar-refractivity contribution is 5.14. The highest BCUT2D eigenvalue weighted by Gasteiger charge is 2.02. The van der Waals surface area contributed by atoms with E-state index in [9.17, 15) is 0 Å². The van der Waals surface area contributed by atoms with Crippen LogP contribution in [0.2, 0.25) is 0 Å². The summed E-state index contributed by atoms with van der Waals surface area (Å²) >= 11 is 0. The molecule has 0 fully saturated rings. The molecule has 0 amide bonds. The molecular weight excluding hydrogens is 186 g/mol. The molecule has 0 heterocycles. The predicted molar refractivity (Wildman–Crippen MR) is 63.6 cm³/mol. The smallest absolute Gasteiger partial charge is 0.0558 e. The highest BCUT2D eigenvalue weighted by atomic mass is 16.3. The van der Waals surface area contributed by atoms with Crippen molar-refractivity contribution in [2.45, 2.75) is 13.5 Å². The monoisotopic (exact) mass is 205 g/mol. The lowest BCUT2D eigenvalue weighted by atomic mass is 10.2. The maximum atomic E-state index is 8.95. The van der Waals surface area contributed by atoms with Crippen LogP contribution in [-0.4, -0.2) is 29.7 Å². The van der Waals surface area contributed by atoms with Gasteiger partial charge in [0.15, 0.2) is 0 Å². The molecule has 0 saturated heterocycles. The first-order valence-corrected chi connectivity index (χ1v) is 5.35. The number of rotatable bonds is 6. The second-order valence-corrected chi connectivity index (χ2v) is 3.51. The Labute approximate surface area is 91.9 Å². The Bertz CT molecular complexity index is 282. The van der Waals surface area contributed by atoms with Gasteiger partial charge in [0.05, 0.1) is 6.61 Å². The molecule has 0 spiro atoms. The summed E-state index contributed by atoms with van der Waals surface area (Å²) in [4.78, 5) is 2.22. The largest absolute Gasteiger partial charge is 0.395 e. The molecule has 0 aromatic heterocycles. The Morgan fingerprint density at radius 1 is 1.27 bits per heavy atom. The van der Waals surface area contributed by atoms with Gasteiger partial charge in [-0.1, -0.05) is 42.5 Å². The summed E-state index contributed by atoms with van der Waals surface area (Å²) < 4.78 is 0. The van der Waals surface area contributed by atoms with E-state index in [4.69, 9.17) is 5.11 Å². The number of benzene rings is 1. The van der Waals surface area contributed by atoms with Crippen LogP contribution in [-0.2, 0) is 6.54 Å². The van der Waals surface area contributed by atoms with E-state index in [2.05, 4.69) is 23.1 Å². The van der Waals surface area contributed by atoms with Crippen molar-refractivity contribution >= 4 is 0 Å². The van der Waals surface area contributed by atoms with Gasteiger partial charge in [-0.25, -0.2) is 0 Å². The number of aliphatic hydroxyl groups is 1. The minimum atomic E-state index is 0.213. The molecular formula is C13H19NO. The molecule has 0 atom stereocenters. The summed E-state index contributed by atoms with van der Waals surface area (Å²) in [6.07, 6.45) is 4.15. The number of nitrogens with zero attached hydrogens (tertiary/aromatic N) is 1. The van der Waals surface area contributed by atoms with Gasteiger partial charge in [0.25, 0.3) is 0 Å². The van der Waals surface area contributed by atoms with E-state index < -0.39 is 0 Å². The molecule has 0 radical (unpaired) electrons. The normalized spacial score (nSPS) is 11.4. The first kappa shape index (κ1) is 12.0. The second kappa shape index (κ2) is 7.21. The molecule has 1 rings (SSSR count). The number of hydrogen-bond acceptors (Lipinski definition) is 2. The maximum absolute atomic E-state index is 8.95. The van der Waals surface area contributed by atoms with Gasteiger partial charge >= 0.3 is 0 Å². The minimum Gasteiger partial charge on any atom is -0.395 e. The van der Waals surface area contributed by atoms with Gasteiger partial charge in [-0.05, 0) is 12.5 Å². The van der Waals surface area contributed by atoms with Gasteiger partial charge in [-0.3, -0.25) is 4.90 Å². The summed E-state index contributed by atoms with van der Waals surface area (Å²) in [6, 6.07) is 10.3. The third kappa shape index (κ3) is 4.77. The zero-order valence-corrected chi connectivity index (χ0v) is 9.26. The van der Waals surface area contributed by atoms with Crippen LogP contribution in [0.25, 0.3) is 0 Å². The van der Waals surface area contributed by atoms with Gasteiger partial charge in [0, 0.05) is 19.6 Å². The zero-order valence-electron chi connectivity index (χ0n) is 9.26. The summed E-state index contributed by atoms with van der Waals surface area (Å²) in [5.74, 6) is 0. The highest BCUT2D eigenvalue weighted by Crippen LogP contribution is 2.03. The van der Waals surface area contributed by atoms with E-state index >= 15 is 0 Å². The molecule has 2 heteroatoms. The molecule has 2 nitrogen and oxygen atoms in total. The zero-order chi connectivity index (χ0) is 10.9. The van der Waals surface area contributed by atoms with E-state index in [-0.39, 0.29) is 6.61 Å². The SMILES string of the molecule is CC=CCN(CCO)Cc1ccccc1. The van der Waals surface area contributed by atoms with Crippen LogP contribution in [0.4, 0.5) is 0 Å². The molecule has 1 aromatic carbocycles. The van der Waals surface area contributed by atoms with E-state index in [0.717, 1.165) is 19.6 Å². The molecule has 0 unspecified atom stereocenters. The van der Waals surface area contributed by atoms with Crippen LogP contribution < -0.4 is 0 Å². The van der Waals surface area contributed by atoms with Crippen molar-refractivity contribution < 1.29 is 5.11 Å². The Kier molecular flexibility index (Phi) is 5.74. The Morgan fingerprint density at radius 3 is 2.60 bits per heavy atom. The van der Waals surface area contributed by atoms with Crippen LogP contribution in [0.5, 0.6) is 0 Å². The molecule has 1 aromatic rings. The van der Waals surface area contributed by atoms with Gasteiger partial charge < -0.3 is 5.11 Å². The molecule has 15 heavy (non-hydrogen) atoms. The summed E-state index contributed by atoms with van der Waals surface area (Å²) in [7, 11) is 0. The maximum Gasteiger partial charge on any atom is 0.0558 e. The summed E-state index contributed by atoms with van der Waals surface area (Å²) in [6.45, 7) is 4.74. The van der Waals surface area contributed by atoms with Gasteiger partial charge in [0.1, 0.15) is 0 Å². The summed E-state index contributed by atoms with van der Waals surface area (Å²) in [5, 5.41) is 8.95. The molecule has 0 aliphatic heterocycles. The van der Waals surface area contributed by atoms with Crippen molar-refractivity contribution in [1.82, 2.24) is 4.90 Å². The fourth-order valence-electron chi connectivity index (χ4n) is 1.47. The molecule has 0 aliphatic carbocycles. The van der Waals surface area contributed by atoms with Crippen molar-refractivity contribution in [1.29, 1.82) is 0 Å². The van der Waals surface area contributed by atoms with E-state index in [1.54, 1.807) is 0 Å². The number of aliphatic hydroxyl groups excluding tert-OH is 1. The Balaban J connectivity index is 2.50. The van der Waals surface area contributed by atoms with E-state index in [1.165, 1.54) is 5.56 Å². The first-order chi connectivity index (χ1) is 7.36. The van der Waals surface area contributed by atoms with Crippen molar-refractivity contribution in [3.63, 3.8) is 0 Å². The van der Waals surface area contributed by atoms with E-state index in [0.29, 0.717) is 0 Å². The minimum absolute atomic E-state index is 0.213. The van der Waals surface area contributed by atoms with E-state index in [1.807, 2.05) is 31.2 Å². The lowest BCUT2D eigenvalue weighted by molar-refractivity contribution is 0.203.